The van der Waals surface area contributed by atoms with Gasteiger partial charge in [0, 0.05) is 52.0 Å². The zero-order valence-electron chi connectivity index (χ0n) is 21.9. The molecule has 1 amide bonds. The molecule has 5 rings (SSSR count). The first-order chi connectivity index (χ1) is 17.6. The van der Waals surface area contributed by atoms with Crippen molar-refractivity contribution in [2.45, 2.75) is 51.2 Å². The van der Waals surface area contributed by atoms with E-state index in [1.54, 1.807) is 6.07 Å². The molecule has 11 heteroatoms. The summed E-state index contributed by atoms with van der Waals surface area (Å²) in [4.78, 5) is 22.6. The number of hydrogen-bond donors (Lipinski definition) is 2. The van der Waals surface area contributed by atoms with Crippen molar-refractivity contribution < 1.29 is 17.9 Å². The highest BCUT2D eigenvalue weighted by Crippen LogP contribution is 2.54. The lowest BCUT2D eigenvalue weighted by molar-refractivity contribution is -0.112. The van der Waals surface area contributed by atoms with Gasteiger partial charge in [-0.25, -0.2) is 4.98 Å². The first-order valence-corrected chi connectivity index (χ1v) is 14.6. The average Bonchev–Trinajstić information content (AvgIpc) is 3.63. The van der Waals surface area contributed by atoms with Crippen LogP contribution < -0.4 is 14.9 Å². The summed E-state index contributed by atoms with van der Waals surface area (Å²) in [5, 5.41) is 2.99. The Balaban J connectivity index is 1.33. The zero-order chi connectivity index (χ0) is 26.2. The van der Waals surface area contributed by atoms with E-state index in [-0.39, 0.29) is 12.0 Å². The van der Waals surface area contributed by atoms with Crippen LogP contribution in [0.3, 0.4) is 0 Å². The number of nitrogens with one attached hydrogen (secondary N) is 2. The van der Waals surface area contributed by atoms with E-state index in [2.05, 4.69) is 19.8 Å². The van der Waals surface area contributed by atoms with Crippen LogP contribution in [0.5, 0.6) is 0 Å². The summed E-state index contributed by atoms with van der Waals surface area (Å²) >= 11 is 0. The predicted octanol–water partition coefficient (Wildman–Crippen LogP) is 2.10. The highest BCUT2D eigenvalue weighted by atomic mass is 32.2. The highest BCUT2D eigenvalue weighted by molar-refractivity contribution is 7.87. The van der Waals surface area contributed by atoms with Crippen LogP contribution in [-0.4, -0.2) is 87.5 Å². The maximum Gasteiger partial charge on any atom is 0.279 e. The summed E-state index contributed by atoms with van der Waals surface area (Å²) in [5.74, 6) is 1.07. The van der Waals surface area contributed by atoms with Crippen LogP contribution >= 0.6 is 0 Å². The number of amides is 1. The van der Waals surface area contributed by atoms with Gasteiger partial charge in [0.25, 0.3) is 16.1 Å². The van der Waals surface area contributed by atoms with Crippen LogP contribution in [0.2, 0.25) is 0 Å². The standard InChI is InChI=1S/C26H38N6O4S/c1-19-18-32(15-16-36-19)24-6-4-5-23(27-24)28-25(33)21-8-7-20(29-37(34,35)30(2)3)17-22(21)31-13-11-26(9-10-26)12-14-31/h4-6,8,17,19-20,29H,7,9-16,18H2,1-3H3,(H,27,28,33)/t19-,20?/m1/s1. The number of pyridine rings is 1. The quantitative estimate of drug-likeness (QED) is 0.556. The lowest BCUT2D eigenvalue weighted by Crippen LogP contribution is -2.44. The lowest BCUT2D eigenvalue weighted by atomic mass is 9.91. The Kier molecular flexibility index (Phi) is 7.32. The van der Waals surface area contributed by atoms with Gasteiger partial charge in [0.05, 0.1) is 18.3 Å². The smallest absolute Gasteiger partial charge is 0.279 e. The molecule has 1 saturated carbocycles. The third-order valence-corrected chi connectivity index (χ3v) is 9.46. The number of aromatic nitrogens is 1. The lowest BCUT2D eigenvalue weighted by Gasteiger charge is -2.38. The first kappa shape index (κ1) is 26.1. The van der Waals surface area contributed by atoms with Crippen LogP contribution in [0, 0.1) is 5.41 Å². The number of likely N-dealkylation sites (tertiary alicyclic amines) is 1. The molecule has 4 aliphatic rings. The van der Waals surface area contributed by atoms with Crippen molar-refractivity contribution in [3.63, 3.8) is 0 Å². The fraction of sp³-hybridized carbons (Fsp3) is 0.615. The largest absolute Gasteiger partial charge is 0.375 e. The summed E-state index contributed by atoms with van der Waals surface area (Å²) in [5.41, 5.74) is 1.86. The second-order valence-electron chi connectivity index (χ2n) is 10.9. The Bertz CT molecular complexity index is 1180. The molecule has 0 aromatic carbocycles. The van der Waals surface area contributed by atoms with Gasteiger partial charge >= 0.3 is 0 Å². The molecule has 1 spiro atoms. The summed E-state index contributed by atoms with van der Waals surface area (Å²) in [6.07, 6.45) is 9.07. The Morgan fingerprint density at radius 3 is 2.57 bits per heavy atom. The zero-order valence-corrected chi connectivity index (χ0v) is 22.8. The fourth-order valence-electron chi connectivity index (χ4n) is 5.34. The van der Waals surface area contributed by atoms with Crippen LogP contribution in [0.1, 0.15) is 39.0 Å². The fourth-order valence-corrected chi connectivity index (χ4v) is 6.10. The van der Waals surface area contributed by atoms with Gasteiger partial charge < -0.3 is 19.9 Å². The molecule has 2 aliphatic heterocycles. The molecule has 2 saturated heterocycles. The van der Waals surface area contributed by atoms with E-state index >= 15 is 0 Å². The number of ether oxygens (including phenoxy) is 1. The Hall–Kier alpha value is -2.47. The third-order valence-electron chi connectivity index (χ3n) is 7.90. The van der Waals surface area contributed by atoms with E-state index in [1.165, 1.54) is 26.9 Å². The average molecular weight is 531 g/mol. The van der Waals surface area contributed by atoms with Crippen molar-refractivity contribution in [1.82, 2.24) is 18.9 Å². The monoisotopic (exact) mass is 530 g/mol. The van der Waals surface area contributed by atoms with Gasteiger partial charge in [0.2, 0.25) is 0 Å². The molecule has 1 aromatic rings. The van der Waals surface area contributed by atoms with Gasteiger partial charge in [-0.1, -0.05) is 12.1 Å². The van der Waals surface area contributed by atoms with Crippen molar-refractivity contribution in [1.29, 1.82) is 0 Å². The van der Waals surface area contributed by atoms with E-state index in [1.807, 2.05) is 31.2 Å². The van der Waals surface area contributed by atoms with Gasteiger partial charge in [-0.15, -0.1) is 0 Å². The van der Waals surface area contributed by atoms with Gasteiger partial charge in [0.15, 0.2) is 0 Å². The first-order valence-electron chi connectivity index (χ1n) is 13.2. The van der Waals surface area contributed by atoms with E-state index in [0.29, 0.717) is 29.8 Å². The van der Waals surface area contributed by atoms with Crippen molar-refractivity contribution >= 4 is 27.8 Å². The topological polar surface area (TPSA) is 107 Å². The number of piperidine rings is 1. The van der Waals surface area contributed by atoms with E-state index in [9.17, 15) is 13.2 Å². The van der Waals surface area contributed by atoms with Crippen molar-refractivity contribution in [3.8, 4) is 0 Å². The maximum atomic E-state index is 13.5. The molecule has 3 fully saturated rings. The van der Waals surface area contributed by atoms with Gasteiger partial charge in [-0.05, 0) is 62.7 Å². The minimum Gasteiger partial charge on any atom is -0.375 e. The normalized spacial score (nSPS) is 25.6. The number of hydrogen-bond acceptors (Lipinski definition) is 7. The van der Waals surface area contributed by atoms with E-state index < -0.39 is 16.3 Å². The van der Waals surface area contributed by atoms with Crippen LogP contribution in [0.25, 0.3) is 0 Å². The summed E-state index contributed by atoms with van der Waals surface area (Å²) in [6, 6.07) is 5.22. The van der Waals surface area contributed by atoms with Crippen LogP contribution in [0.4, 0.5) is 11.6 Å². The molecule has 37 heavy (non-hydrogen) atoms. The number of nitrogens with zero attached hydrogens (tertiary/aromatic N) is 4. The molecular weight excluding hydrogens is 492 g/mol. The SMILES string of the molecule is C[C@@H]1CN(c2cccc(NC(=O)C3=CCC(NS(=O)(=O)N(C)C)C=C3N3CCC4(CC3)CC4)n2)CCO1. The summed E-state index contributed by atoms with van der Waals surface area (Å²) < 4.78 is 34.5. The number of anilines is 2. The van der Waals surface area contributed by atoms with Gasteiger partial charge in [-0.2, -0.15) is 17.4 Å². The third kappa shape index (κ3) is 6.00. The number of morpholine rings is 1. The van der Waals surface area contributed by atoms with Gasteiger partial charge in [0.1, 0.15) is 11.6 Å². The Morgan fingerprint density at radius 2 is 1.89 bits per heavy atom. The molecule has 2 atom stereocenters. The molecular formula is C26H38N6O4S. The van der Waals surface area contributed by atoms with Crippen molar-refractivity contribution in [2.24, 2.45) is 5.41 Å². The summed E-state index contributed by atoms with van der Waals surface area (Å²) in [7, 11) is -0.594. The highest BCUT2D eigenvalue weighted by Gasteiger charge is 2.45. The molecule has 0 radical (unpaired) electrons. The number of carbonyl (C=O) groups is 1. The molecule has 202 valence electrons. The van der Waals surface area contributed by atoms with E-state index in [0.717, 1.165) is 54.8 Å². The number of rotatable bonds is 7. The minimum absolute atomic E-state index is 0.131. The molecule has 2 N–H and O–H groups in total. The Morgan fingerprint density at radius 1 is 1.14 bits per heavy atom. The summed E-state index contributed by atoms with van der Waals surface area (Å²) in [6.45, 7) is 5.94. The second kappa shape index (κ2) is 10.4. The maximum absolute atomic E-state index is 13.5. The van der Waals surface area contributed by atoms with Crippen LogP contribution in [0.15, 0.2) is 41.6 Å². The molecule has 1 unspecified atom stereocenters. The van der Waals surface area contributed by atoms with Crippen LogP contribution in [-0.2, 0) is 19.7 Å². The van der Waals surface area contributed by atoms with Crippen molar-refractivity contribution in [2.75, 3.05) is 57.1 Å². The molecule has 1 aromatic heterocycles. The Labute approximate surface area is 219 Å². The van der Waals surface area contributed by atoms with Crippen molar-refractivity contribution in [3.05, 3.63) is 41.6 Å². The molecule has 2 aliphatic carbocycles. The predicted molar refractivity (Wildman–Crippen MR) is 143 cm³/mol. The van der Waals surface area contributed by atoms with Gasteiger partial charge in [-0.3, -0.25) is 4.79 Å². The molecule has 10 nitrogen and oxygen atoms in total. The second-order valence-corrected chi connectivity index (χ2v) is 12.8. The number of carbonyl (C=O) groups excluding carboxylic acids is 1. The van der Waals surface area contributed by atoms with E-state index in [4.69, 9.17) is 9.72 Å². The minimum atomic E-state index is -3.60. The molecule has 0 bridgehead atoms. The molecule has 3 heterocycles.